The normalized spacial score (nSPS) is 20.7. The van der Waals surface area contributed by atoms with Gasteiger partial charge in [0.05, 0.1) is 5.02 Å². The van der Waals surface area contributed by atoms with E-state index in [4.69, 9.17) is 11.6 Å². The smallest absolute Gasteiger partial charge is 0.244 e. The van der Waals surface area contributed by atoms with E-state index < -0.39 is 10.0 Å². The van der Waals surface area contributed by atoms with E-state index in [1.165, 1.54) is 16.6 Å². The van der Waals surface area contributed by atoms with Gasteiger partial charge in [-0.15, -0.1) is 0 Å². The topological polar surface area (TPSA) is 62.3 Å². The van der Waals surface area contributed by atoms with Gasteiger partial charge in [-0.1, -0.05) is 18.5 Å². The number of pyridine rings is 1. The van der Waals surface area contributed by atoms with Crippen LogP contribution in [0.1, 0.15) is 20.3 Å². The van der Waals surface area contributed by atoms with Crippen LogP contribution in [0.15, 0.2) is 17.2 Å². The number of halogens is 1. The third-order valence-electron chi connectivity index (χ3n) is 3.18. The average Bonchev–Trinajstić information content (AvgIpc) is 2.79. The Balaban J connectivity index is 2.28. The molecule has 0 bridgehead atoms. The molecule has 19 heavy (non-hydrogen) atoms. The standard InChI is InChI=1S/C12H18ClN3O2S/c1-3-14-12-11(13)6-10(7-15-12)19(17,18)16-5-4-9(2)8-16/h6-7,9H,3-5,8H2,1-2H3,(H,14,15). The number of nitrogens with zero attached hydrogens (tertiary/aromatic N) is 2. The predicted molar refractivity (Wildman–Crippen MR) is 76.0 cm³/mol. The van der Waals surface area contributed by atoms with Crippen molar-refractivity contribution in [3.8, 4) is 0 Å². The first-order valence-electron chi connectivity index (χ1n) is 6.34. The molecule has 2 heterocycles. The minimum atomic E-state index is -3.47. The van der Waals surface area contributed by atoms with E-state index >= 15 is 0 Å². The molecule has 0 spiro atoms. The van der Waals surface area contributed by atoms with Gasteiger partial charge in [-0.2, -0.15) is 4.31 Å². The van der Waals surface area contributed by atoms with Crippen LogP contribution in [0, 0.1) is 5.92 Å². The van der Waals surface area contributed by atoms with Crippen LogP contribution in [0.4, 0.5) is 5.82 Å². The van der Waals surface area contributed by atoms with Crippen LogP contribution in [-0.2, 0) is 10.0 Å². The molecule has 0 aliphatic carbocycles. The van der Waals surface area contributed by atoms with Crippen molar-refractivity contribution in [1.82, 2.24) is 9.29 Å². The Labute approximate surface area is 119 Å². The third-order valence-corrected chi connectivity index (χ3v) is 5.30. The molecule has 1 aliphatic heterocycles. The van der Waals surface area contributed by atoms with Gasteiger partial charge in [0.2, 0.25) is 10.0 Å². The van der Waals surface area contributed by atoms with E-state index in [1.54, 1.807) is 0 Å². The first-order chi connectivity index (χ1) is 8.95. The van der Waals surface area contributed by atoms with Crippen LogP contribution in [0.2, 0.25) is 5.02 Å². The number of hydrogen-bond donors (Lipinski definition) is 1. The molecule has 1 N–H and O–H groups in total. The van der Waals surface area contributed by atoms with E-state index in [2.05, 4.69) is 17.2 Å². The molecule has 1 aliphatic rings. The van der Waals surface area contributed by atoms with E-state index in [-0.39, 0.29) is 4.90 Å². The lowest BCUT2D eigenvalue weighted by Gasteiger charge is -2.16. The number of rotatable bonds is 4. The van der Waals surface area contributed by atoms with Crippen LogP contribution in [0.5, 0.6) is 0 Å². The first kappa shape index (κ1) is 14.6. The highest BCUT2D eigenvalue weighted by Gasteiger charge is 2.31. The summed E-state index contributed by atoms with van der Waals surface area (Å²) in [7, 11) is -3.47. The van der Waals surface area contributed by atoms with Crippen LogP contribution >= 0.6 is 11.6 Å². The largest absolute Gasteiger partial charge is 0.369 e. The average molecular weight is 304 g/mol. The van der Waals surface area contributed by atoms with Crippen molar-refractivity contribution in [3.63, 3.8) is 0 Å². The molecule has 0 radical (unpaired) electrons. The van der Waals surface area contributed by atoms with Gasteiger partial charge >= 0.3 is 0 Å². The second kappa shape index (κ2) is 5.64. The zero-order chi connectivity index (χ0) is 14.0. The van der Waals surface area contributed by atoms with Gasteiger partial charge in [-0.3, -0.25) is 0 Å². The Morgan fingerprint density at radius 3 is 2.84 bits per heavy atom. The van der Waals surface area contributed by atoms with E-state index in [0.29, 0.717) is 36.4 Å². The number of hydrogen-bond acceptors (Lipinski definition) is 4. The van der Waals surface area contributed by atoms with Gasteiger partial charge in [-0.05, 0) is 25.3 Å². The summed E-state index contributed by atoms with van der Waals surface area (Å²) in [6.45, 7) is 5.79. The number of aromatic nitrogens is 1. The summed E-state index contributed by atoms with van der Waals surface area (Å²) < 4.78 is 26.3. The zero-order valence-electron chi connectivity index (χ0n) is 11.1. The maximum atomic E-state index is 12.4. The van der Waals surface area contributed by atoms with Crippen molar-refractivity contribution in [2.24, 2.45) is 5.92 Å². The molecule has 0 aromatic carbocycles. The Hall–Kier alpha value is -0.850. The lowest BCUT2D eigenvalue weighted by molar-refractivity contribution is 0.464. The minimum absolute atomic E-state index is 0.160. The Kier molecular flexibility index (Phi) is 4.32. The van der Waals surface area contributed by atoms with Crippen molar-refractivity contribution >= 4 is 27.4 Å². The molecular weight excluding hydrogens is 286 g/mol. The lowest BCUT2D eigenvalue weighted by Crippen LogP contribution is -2.28. The zero-order valence-corrected chi connectivity index (χ0v) is 12.6. The molecule has 1 aromatic rings. The van der Waals surface area contributed by atoms with Crippen molar-refractivity contribution in [3.05, 3.63) is 17.3 Å². The fourth-order valence-electron chi connectivity index (χ4n) is 2.12. The van der Waals surface area contributed by atoms with Crippen molar-refractivity contribution in [2.75, 3.05) is 25.0 Å². The molecule has 1 fully saturated rings. The van der Waals surface area contributed by atoms with E-state index in [9.17, 15) is 8.42 Å². The summed E-state index contributed by atoms with van der Waals surface area (Å²) >= 11 is 6.04. The first-order valence-corrected chi connectivity index (χ1v) is 8.16. The summed E-state index contributed by atoms with van der Waals surface area (Å²) in [5, 5.41) is 3.31. The minimum Gasteiger partial charge on any atom is -0.369 e. The maximum Gasteiger partial charge on any atom is 0.244 e. The fraction of sp³-hybridized carbons (Fsp3) is 0.583. The highest BCUT2D eigenvalue weighted by Crippen LogP contribution is 2.27. The van der Waals surface area contributed by atoms with Gasteiger partial charge in [-0.25, -0.2) is 13.4 Å². The Morgan fingerprint density at radius 2 is 2.32 bits per heavy atom. The quantitative estimate of drug-likeness (QED) is 0.926. The second-order valence-corrected chi connectivity index (χ2v) is 7.13. The Morgan fingerprint density at radius 1 is 1.58 bits per heavy atom. The molecule has 5 nitrogen and oxygen atoms in total. The fourth-order valence-corrected chi connectivity index (χ4v) is 3.97. The van der Waals surface area contributed by atoms with Gasteiger partial charge in [0.25, 0.3) is 0 Å². The molecule has 1 atom stereocenters. The lowest BCUT2D eigenvalue weighted by atomic mass is 10.2. The predicted octanol–water partition coefficient (Wildman–Crippen LogP) is 2.20. The third kappa shape index (κ3) is 3.01. The van der Waals surface area contributed by atoms with Crippen molar-refractivity contribution < 1.29 is 8.42 Å². The van der Waals surface area contributed by atoms with Crippen molar-refractivity contribution in [1.29, 1.82) is 0 Å². The van der Waals surface area contributed by atoms with Gasteiger partial charge in [0, 0.05) is 25.8 Å². The molecule has 0 amide bonds. The Bertz CT molecular complexity index is 562. The molecule has 0 saturated carbocycles. The molecule has 106 valence electrons. The molecule has 1 saturated heterocycles. The number of sulfonamides is 1. The van der Waals surface area contributed by atoms with Crippen LogP contribution in [0.25, 0.3) is 0 Å². The highest BCUT2D eigenvalue weighted by atomic mass is 35.5. The molecule has 1 unspecified atom stereocenters. The summed E-state index contributed by atoms with van der Waals surface area (Å²) in [5.74, 6) is 0.914. The van der Waals surface area contributed by atoms with Crippen LogP contribution in [-0.4, -0.2) is 37.3 Å². The van der Waals surface area contributed by atoms with Crippen molar-refractivity contribution in [2.45, 2.75) is 25.2 Å². The molecule has 2 rings (SSSR count). The summed E-state index contributed by atoms with van der Waals surface area (Å²) in [6.07, 6.45) is 2.26. The van der Waals surface area contributed by atoms with Crippen LogP contribution < -0.4 is 5.32 Å². The number of nitrogens with one attached hydrogen (secondary N) is 1. The second-order valence-electron chi connectivity index (χ2n) is 4.79. The SMILES string of the molecule is CCNc1ncc(S(=O)(=O)N2CCC(C)C2)cc1Cl. The number of anilines is 1. The molecule has 1 aromatic heterocycles. The summed E-state index contributed by atoms with van der Waals surface area (Å²) in [6, 6.07) is 1.46. The monoisotopic (exact) mass is 303 g/mol. The van der Waals surface area contributed by atoms with Gasteiger partial charge < -0.3 is 5.32 Å². The summed E-state index contributed by atoms with van der Waals surface area (Å²) in [5.41, 5.74) is 0. The van der Waals surface area contributed by atoms with Crippen LogP contribution in [0.3, 0.4) is 0 Å². The van der Waals surface area contributed by atoms with Gasteiger partial charge in [0.1, 0.15) is 10.7 Å². The van der Waals surface area contributed by atoms with Gasteiger partial charge in [0.15, 0.2) is 0 Å². The summed E-state index contributed by atoms with van der Waals surface area (Å²) in [4.78, 5) is 4.24. The van der Waals surface area contributed by atoms with E-state index in [1.807, 2.05) is 6.92 Å². The highest BCUT2D eigenvalue weighted by molar-refractivity contribution is 7.89. The molecular formula is C12H18ClN3O2S. The van der Waals surface area contributed by atoms with E-state index in [0.717, 1.165) is 6.42 Å². The maximum absolute atomic E-state index is 12.4. The molecule has 7 heteroatoms.